The fourth-order valence-electron chi connectivity index (χ4n) is 1.14. The highest BCUT2D eigenvalue weighted by molar-refractivity contribution is 6.30. The molecule has 0 radical (unpaired) electrons. The molecule has 0 bridgehead atoms. The second-order valence-corrected chi connectivity index (χ2v) is 3.29. The van der Waals surface area contributed by atoms with Gasteiger partial charge in [0.1, 0.15) is 5.82 Å². The zero-order valence-electron chi connectivity index (χ0n) is 7.48. The molecule has 2 aromatic rings. The Labute approximate surface area is 89.4 Å². The fraction of sp³-hybridized carbons (Fsp3) is 0. The summed E-state index contributed by atoms with van der Waals surface area (Å²) in [5, 5.41) is 7.30. The van der Waals surface area contributed by atoms with Crippen LogP contribution in [0.5, 0.6) is 0 Å². The molecule has 1 aromatic heterocycles. The van der Waals surface area contributed by atoms with Gasteiger partial charge in [-0.2, -0.15) is 0 Å². The zero-order valence-corrected chi connectivity index (χ0v) is 8.24. The van der Waals surface area contributed by atoms with Crippen LogP contribution in [0.1, 0.15) is 0 Å². The summed E-state index contributed by atoms with van der Waals surface area (Å²) >= 11 is 5.54. The first-order chi connectivity index (χ1) is 7.09. The maximum atomic E-state index is 13.1. The molecule has 0 atom stereocenters. The first kappa shape index (κ1) is 9.72. The van der Waals surface area contributed by atoms with E-state index in [2.05, 4.69) is 10.2 Å². The number of rotatable bonds is 1. The van der Waals surface area contributed by atoms with E-state index in [0.717, 1.165) is 4.68 Å². The molecule has 0 spiro atoms. The fourth-order valence-corrected chi connectivity index (χ4v) is 1.25. The van der Waals surface area contributed by atoms with Crippen molar-refractivity contribution in [3.63, 3.8) is 0 Å². The van der Waals surface area contributed by atoms with Crippen LogP contribution in [-0.2, 0) is 0 Å². The summed E-state index contributed by atoms with van der Waals surface area (Å²) in [6, 6.07) is 4.21. The Kier molecular flexibility index (Phi) is 2.20. The third-order valence-electron chi connectivity index (χ3n) is 1.90. The van der Waals surface area contributed by atoms with Crippen LogP contribution in [0, 0.1) is 5.82 Å². The maximum Gasteiger partial charge on any atom is 0.241 e. The Balaban J connectivity index is 2.55. The number of halogens is 2. The van der Waals surface area contributed by atoms with Crippen LogP contribution in [-0.4, -0.2) is 14.9 Å². The van der Waals surface area contributed by atoms with Crippen molar-refractivity contribution in [3.8, 4) is 11.4 Å². The van der Waals surface area contributed by atoms with E-state index in [4.69, 9.17) is 23.2 Å². The molecule has 78 valence electrons. The lowest BCUT2D eigenvalue weighted by Crippen LogP contribution is -2.13. The summed E-state index contributed by atoms with van der Waals surface area (Å²) in [5.41, 5.74) is 5.85. The molecule has 15 heavy (non-hydrogen) atoms. The highest BCUT2D eigenvalue weighted by Crippen LogP contribution is 2.22. The molecular formula is C8H7ClFN5. The normalized spacial score (nSPS) is 10.5. The van der Waals surface area contributed by atoms with Gasteiger partial charge in [-0.3, -0.25) is 0 Å². The number of nitrogens with two attached hydrogens (primary N) is 2. The molecule has 4 N–H and O–H groups in total. The number of nitrogens with zero attached hydrogens (tertiary/aromatic N) is 3. The molecule has 0 aliphatic rings. The summed E-state index contributed by atoms with van der Waals surface area (Å²) in [6.45, 7) is 0. The molecule has 0 aliphatic carbocycles. The molecule has 0 unspecified atom stereocenters. The van der Waals surface area contributed by atoms with Crippen LogP contribution in [0.3, 0.4) is 0 Å². The van der Waals surface area contributed by atoms with Gasteiger partial charge in [-0.25, -0.2) is 9.07 Å². The van der Waals surface area contributed by atoms with Gasteiger partial charge in [-0.15, -0.1) is 10.2 Å². The Morgan fingerprint density at radius 1 is 1.33 bits per heavy atom. The number of nitrogen functional groups attached to an aromatic ring is 2. The van der Waals surface area contributed by atoms with Gasteiger partial charge in [0, 0.05) is 5.56 Å². The Morgan fingerprint density at radius 2 is 2.07 bits per heavy atom. The van der Waals surface area contributed by atoms with E-state index >= 15 is 0 Å². The van der Waals surface area contributed by atoms with Crippen molar-refractivity contribution < 1.29 is 4.39 Å². The number of aromatic nitrogens is 3. The van der Waals surface area contributed by atoms with Crippen LogP contribution in [0.4, 0.5) is 10.3 Å². The van der Waals surface area contributed by atoms with Crippen molar-refractivity contribution in [1.29, 1.82) is 0 Å². The van der Waals surface area contributed by atoms with Gasteiger partial charge in [-0.05, 0) is 18.2 Å². The third-order valence-corrected chi connectivity index (χ3v) is 2.21. The molecule has 0 saturated heterocycles. The van der Waals surface area contributed by atoms with Crippen LogP contribution in [0.15, 0.2) is 18.2 Å². The summed E-state index contributed by atoms with van der Waals surface area (Å²) in [6.07, 6.45) is 0. The lowest BCUT2D eigenvalue weighted by atomic mass is 10.2. The van der Waals surface area contributed by atoms with Gasteiger partial charge in [0.05, 0.1) is 5.02 Å². The molecule has 1 aromatic carbocycles. The van der Waals surface area contributed by atoms with Crippen LogP contribution < -0.4 is 11.6 Å². The van der Waals surface area contributed by atoms with Crippen molar-refractivity contribution in [2.45, 2.75) is 0 Å². The van der Waals surface area contributed by atoms with E-state index in [1.54, 1.807) is 6.07 Å². The number of benzene rings is 1. The molecule has 0 amide bonds. The summed E-state index contributed by atoms with van der Waals surface area (Å²) in [5.74, 6) is 5.32. The second kappa shape index (κ2) is 3.39. The minimum atomic E-state index is -0.546. The lowest BCUT2D eigenvalue weighted by molar-refractivity contribution is 0.628. The Hall–Kier alpha value is -1.82. The van der Waals surface area contributed by atoms with Crippen molar-refractivity contribution in [1.82, 2.24) is 14.9 Å². The Bertz CT molecular complexity index is 510. The van der Waals surface area contributed by atoms with Gasteiger partial charge < -0.3 is 11.6 Å². The first-order valence-electron chi connectivity index (χ1n) is 4.01. The average Bonchev–Trinajstić information content (AvgIpc) is 2.53. The number of anilines is 1. The molecule has 5 nitrogen and oxygen atoms in total. The lowest BCUT2D eigenvalue weighted by Gasteiger charge is -2.01. The standard InChI is InChI=1S/C8H7ClFN5/c9-5-2-1-4(3-6(5)10)7-13-14-8(11)15(7)12/h1-3H,12H2,(H2,11,14). The first-order valence-corrected chi connectivity index (χ1v) is 4.39. The third kappa shape index (κ3) is 1.59. The molecule has 0 aliphatic heterocycles. The van der Waals surface area contributed by atoms with Gasteiger partial charge in [0.25, 0.3) is 0 Å². The van der Waals surface area contributed by atoms with E-state index in [1.165, 1.54) is 12.1 Å². The van der Waals surface area contributed by atoms with E-state index in [9.17, 15) is 4.39 Å². The second-order valence-electron chi connectivity index (χ2n) is 2.88. The number of hydrogen-bond donors (Lipinski definition) is 2. The largest absolute Gasteiger partial charge is 0.366 e. The smallest absolute Gasteiger partial charge is 0.241 e. The van der Waals surface area contributed by atoms with Gasteiger partial charge >= 0.3 is 0 Å². The molecule has 0 saturated carbocycles. The van der Waals surface area contributed by atoms with Crippen molar-refractivity contribution in [2.24, 2.45) is 0 Å². The van der Waals surface area contributed by atoms with E-state index < -0.39 is 5.82 Å². The van der Waals surface area contributed by atoms with Crippen LogP contribution >= 0.6 is 11.6 Å². The summed E-state index contributed by atoms with van der Waals surface area (Å²) in [4.78, 5) is 0. The van der Waals surface area contributed by atoms with Gasteiger partial charge in [0.15, 0.2) is 5.82 Å². The monoisotopic (exact) mass is 227 g/mol. The highest BCUT2D eigenvalue weighted by atomic mass is 35.5. The average molecular weight is 228 g/mol. The molecule has 1 heterocycles. The van der Waals surface area contributed by atoms with Crippen molar-refractivity contribution >= 4 is 17.5 Å². The topological polar surface area (TPSA) is 82.8 Å². The van der Waals surface area contributed by atoms with Gasteiger partial charge in [0.2, 0.25) is 5.95 Å². The summed E-state index contributed by atoms with van der Waals surface area (Å²) < 4.78 is 14.2. The minimum absolute atomic E-state index is 0.0369. The molecule has 0 fully saturated rings. The van der Waals surface area contributed by atoms with Crippen molar-refractivity contribution in [2.75, 3.05) is 11.6 Å². The van der Waals surface area contributed by atoms with E-state index in [1.807, 2.05) is 0 Å². The Morgan fingerprint density at radius 3 is 2.60 bits per heavy atom. The molecule has 7 heteroatoms. The van der Waals surface area contributed by atoms with Crippen LogP contribution in [0.2, 0.25) is 5.02 Å². The number of hydrogen-bond acceptors (Lipinski definition) is 4. The molecular weight excluding hydrogens is 221 g/mol. The van der Waals surface area contributed by atoms with E-state index in [0.29, 0.717) is 5.56 Å². The predicted octanol–water partition coefficient (Wildman–Crippen LogP) is 1.03. The zero-order chi connectivity index (χ0) is 11.0. The van der Waals surface area contributed by atoms with Crippen LogP contribution in [0.25, 0.3) is 11.4 Å². The van der Waals surface area contributed by atoms with Gasteiger partial charge in [-0.1, -0.05) is 11.6 Å². The van der Waals surface area contributed by atoms with Crippen molar-refractivity contribution in [3.05, 3.63) is 29.0 Å². The minimum Gasteiger partial charge on any atom is -0.366 e. The molecule has 2 rings (SSSR count). The highest BCUT2D eigenvalue weighted by Gasteiger charge is 2.10. The summed E-state index contributed by atoms with van der Waals surface area (Å²) in [7, 11) is 0. The quantitative estimate of drug-likeness (QED) is 0.713. The SMILES string of the molecule is Nc1nnc(-c2ccc(Cl)c(F)c2)n1N. The maximum absolute atomic E-state index is 13.1. The van der Waals surface area contributed by atoms with E-state index in [-0.39, 0.29) is 16.8 Å². The predicted molar refractivity (Wildman–Crippen MR) is 55.0 cm³/mol.